The van der Waals surface area contributed by atoms with Crippen molar-refractivity contribution in [3.63, 3.8) is 0 Å². The molecule has 0 aromatic carbocycles. The van der Waals surface area contributed by atoms with Gasteiger partial charge in [-0.1, -0.05) is 6.07 Å². The Morgan fingerprint density at radius 2 is 1.94 bits per heavy atom. The van der Waals surface area contributed by atoms with Crippen molar-refractivity contribution in [1.29, 1.82) is 0 Å². The summed E-state index contributed by atoms with van der Waals surface area (Å²) in [7, 11) is 1.95. The molecule has 82 valence electrons. The Bertz CT molecular complexity index is 454. The number of hydrogen-bond donors (Lipinski definition) is 1. The van der Waals surface area contributed by atoms with Crippen molar-refractivity contribution in [2.75, 3.05) is 7.05 Å². The molecule has 3 heteroatoms. The maximum atomic E-state index is 4.26. The normalized spacial score (nSPS) is 12.4. The smallest absolute Gasteiger partial charge is 0.0347 e. The molecule has 0 radical (unpaired) electrons. The molecule has 16 heavy (non-hydrogen) atoms. The molecule has 0 aliphatic carbocycles. The monoisotopic (exact) mass is 213 g/mol. The summed E-state index contributed by atoms with van der Waals surface area (Å²) in [5, 5.41) is 3.20. The third-order valence-electron chi connectivity index (χ3n) is 2.69. The van der Waals surface area contributed by atoms with Gasteiger partial charge in [-0.15, -0.1) is 0 Å². The van der Waals surface area contributed by atoms with Crippen molar-refractivity contribution in [2.45, 2.75) is 13.0 Å². The van der Waals surface area contributed by atoms with E-state index in [4.69, 9.17) is 0 Å². The molecular formula is C13H15N3. The van der Waals surface area contributed by atoms with E-state index in [2.05, 4.69) is 28.3 Å². The van der Waals surface area contributed by atoms with Gasteiger partial charge in [-0.05, 0) is 31.7 Å². The zero-order valence-electron chi connectivity index (χ0n) is 9.51. The Balaban J connectivity index is 2.36. The number of nitrogens with zero attached hydrogens (tertiary/aromatic N) is 2. The van der Waals surface area contributed by atoms with Gasteiger partial charge in [0.2, 0.25) is 0 Å². The summed E-state index contributed by atoms with van der Waals surface area (Å²) >= 11 is 0. The van der Waals surface area contributed by atoms with Crippen LogP contribution in [0.4, 0.5) is 0 Å². The lowest BCUT2D eigenvalue weighted by atomic mass is 10.1. The maximum absolute atomic E-state index is 4.26. The number of nitrogens with one attached hydrogen (secondary N) is 1. The molecule has 0 bridgehead atoms. The lowest BCUT2D eigenvalue weighted by molar-refractivity contribution is 0.650. The lowest BCUT2D eigenvalue weighted by Gasteiger charge is -2.11. The predicted molar refractivity (Wildman–Crippen MR) is 64.9 cm³/mol. The second-order valence-corrected chi connectivity index (χ2v) is 3.76. The molecule has 0 aliphatic heterocycles. The quantitative estimate of drug-likeness (QED) is 0.850. The molecule has 2 heterocycles. The van der Waals surface area contributed by atoms with Gasteiger partial charge in [-0.2, -0.15) is 0 Å². The van der Waals surface area contributed by atoms with E-state index in [1.54, 1.807) is 6.20 Å². The van der Waals surface area contributed by atoms with Crippen molar-refractivity contribution in [1.82, 2.24) is 15.3 Å². The third-order valence-corrected chi connectivity index (χ3v) is 2.69. The highest BCUT2D eigenvalue weighted by molar-refractivity contribution is 5.61. The molecule has 1 unspecified atom stereocenters. The number of pyridine rings is 2. The van der Waals surface area contributed by atoms with Crippen molar-refractivity contribution in [3.05, 3.63) is 48.5 Å². The summed E-state index contributed by atoms with van der Waals surface area (Å²) in [6, 6.07) is 6.43. The molecule has 0 fully saturated rings. The first-order valence-corrected chi connectivity index (χ1v) is 5.34. The van der Waals surface area contributed by atoms with E-state index in [-0.39, 0.29) is 0 Å². The van der Waals surface area contributed by atoms with Gasteiger partial charge in [0.05, 0.1) is 0 Å². The van der Waals surface area contributed by atoms with Crippen LogP contribution in [0.2, 0.25) is 0 Å². The summed E-state index contributed by atoms with van der Waals surface area (Å²) in [4.78, 5) is 8.37. The van der Waals surface area contributed by atoms with Crippen molar-refractivity contribution >= 4 is 0 Å². The Morgan fingerprint density at radius 3 is 2.62 bits per heavy atom. The minimum atomic E-state index is 0.309. The second kappa shape index (κ2) is 4.86. The predicted octanol–water partition coefficient (Wildman–Crippen LogP) is 2.42. The zero-order valence-corrected chi connectivity index (χ0v) is 9.51. The first-order valence-electron chi connectivity index (χ1n) is 5.34. The molecule has 1 atom stereocenters. The summed E-state index contributed by atoms with van der Waals surface area (Å²) in [5.41, 5.74) is 3.39. The van der Waals surface area contributed by atoms with Gasteiger partial charge >= 0.3 is 0 Å². The minimum absolute atomic E-state index is 0.309. The average molecular weight is 213 g/mol. The van der Waals surface area contributed by atoms with Crippen LogP contribution in [0.25, 0.3) is 11.1 Å². The molecule has 0 saturated heterocycles. The van der Waals surface area contributed by atoms with E-state index < -0.39 is 0 Å². The summed E-state index contributed by atoms with van der Waals surface area (Å²) in [6.07, 6.45) is 7.38. The van der Waals surface area contributed by atoms with E-state index in [9.17, 15) is 0 Å². The molecule has 2 rings (SSSR count). The highest BCUT2D eigenvalue weighted by atomic mass is 14.9. The van der Waals surface area contributed by atoms with E-state index in [1.165, 1.54) is 5.56 Å². The first-order chi connectivity index (χ1) is 7.81. The van der Waals surface area contributed by atoms with Crippen molar-refractivity contribution < 1.29 is 0 Å². The van der Waals surface area contributed by atoms with E-state index in [0.29, 0.717) is 6.04 Å². The summed E-state index contributed by atoms with van der Waals surface area (Å²) in [6.45, 7) is 2.12. The molecule has 1 N–H and O–H groups in total. The third kappa shape index (κ3) is 2.25. The fraction of sp³-hybridized carbons (Fsp3) is 0.231. The maximum Gasteiger partial charge on any atom is 0.0347 e. The SMILES string of the molecule is CNC(C)c1cncc(-c2cccnc2)c1. The number of hydrogen-bond acceptors (Lipinski definition) is 3. The standard InChI is InChI=1S/C13H15N3/c1-10(14-2)12-6-13(9-16-8-12)11-4-3-5-15-7-11/h3-10,14H,1-2H3. The van der Waals surface area contributed by atoms with Crippen molar-refractivity contribution in [2.24, 2.45) is 0 Å². The highest BCUT2D eigenvalue weighted by Crippen LogP contribution is 2.20. The molecule has 0 amide bonds. The van der Waals surface area contributed by atoms with Gasteiger partial charge in [0.1, 0.15) is 0 Å². The molecular weight excluding hydrogens is 198 g/mol. The van der Waals surface area contributed by atoms with E-state index >= 15 is 0 Å². The Morgan fingerprint density at radius 1 is 1.12 bits per heavy atom. The molecule has 3 nitrogen and oxygen atoms in total. The van der Waals surface area contributed by atoms with Crippen LogP contribution in [0.1, 0.15) is 18.5 Å². The highest BCUT2D eigenvalue weighted by Gasteiger charge is 2.04. The average Bonchev–Trinajstić information content (AvgIpc) is 2.39. The second-order valence-electron chi connectivity index (χ2n) is 3.76. The van der Waals surface area contributed by atoms with Gasteiger partial charge in [-0.3, -0.25) is 9.97 Å². The van der Waals surface area contributed by atoms with Crippen LogP contribution in [0.5, 0.6) is 0 Å². The van der Waals surface area contributed by atoms with E-state index in [0.717, 1.165) is 11.1 Å². The first kappa shape index (κ1) is 10.8. The Labute approximate surface area is 95.6 Å². The zero-order chi connectivity index (χ0) is 11.4. The summed E-state index contributed by atoms with van der Waals surface area (Å²) in [5.74, 6) is 0. The van der Waals surface area contributed by atoms with E-state index in [1.807, 2.05) is 37.8 Å². The Hall–Kier alpha value is -1.74. The van der Waals surface area contributed by atoms with Crippen LogP contribution in [-0.2, 0) is 0 Å². The Kier molecular flexibility index (Phi) is 3.27. The molecule has 2 aromatic rings. The fourth-order valence-corrected chi connectivity index (χ4v) is 1.55. The van der Waals surface area contributed by atoms with Gasteiger partial charge in [0.15, 0.2) is 0 Å². The van der Waals surface area contributed by atoms with Crippen LogP contribution in [0.15, 0.2) is 43.0 Å². The molecule has 0 saturated carbocycles. The van der Waals surface area contributed by atoms with Crippen LogP contribution < -0.4 is 5.32 Å². The number of rotatable bonds is 3. The topological polar surface area (TPSA) is 37.8 Å². The minimum Gasteiger partial charge on any atom is -0.313 e. The number of aromatic nitrogens is 2. The van der Waals surface area contributed by atoms with Crippen LogP contribution >= 0.6 is 0 Å². The van der Waals surface area contributed by atoms with Crippen molar-refractivity contribution in [3.8, 4) is 11.1 Å². The summed E-state index contributed by atoms with van der Waals surface area (Å²) < 4.78 is 0. The molecule has 0 spiro atoms. The molecule has 2 aromatic heterocycles. The lowest BCUT2D eigenvalue weighted by Crippen LogP contribution is -2.12. The van der Waals surface area contributed by atoms with Gasteiger partial charge in [-0.25, -0.2) is 0 Å². The largest absolute Gasteiger partial charge is 0.313 e. The van der Waals surface area contributed by atoms with Gasteiger partial charge < -0.3 is 5.32 Å². The molecule has 0 aliphatic rings. The fourth-order valence-electron chi connectivity index (χ4n) is 1.55. The van der Waals surface area contributed by atoms with Crippen LogP contribution in [-0.4, -0.2) is 17.0 Å². The van der Waals surface area contributed by atoms with Crippen LogP contribution in [0.3, 0.4) is 0 Å². The van der Waals surface area contributed by atoms with Gasteiger partial charge in [0, 0.05) is 42.0 Å². The van der Waals surface area contributed by atoms with Gasteiger partial charge in [0.25, 0.3) is 0 Å². The van der Waals surface area contributed by atoms with Crippen LogP contribution in [0, 0.1) is 0 Å².